The molecule has 0 heterocycles. The van der Waals surface area contributed by atoms with E-state index in [0.717, 1.165) is 11.3 Å². The Balaban J connectivity index is 1.89. The summed E-state index contributed by atoms with van der Waals surface area (Å²) in [5, 5.41) is 3.91. The molecular formula is C14H16Cl2N2O2. The van der Waals surface area contributed by atoms with Crippen molar-refractivity contribution in [3.63, 3.8) is 0 Å². The van der Waals surface area contributed by atoms with Crippen LogP contribution in [0.5, 0.6) is 5.75 Å². The minimum atomic E-state index is -0.980. The lowest BCUT2D eigenvalue weighted by molar-refractivity contribution is -0.125. The monoisotopic (exact) mass is 314 g/mol. The fourth-order valence-electron chi connectivity index (χ4n) is 1.75. The van der Waals surface area contributed by atoms with Crippen LogP contribution in [0.4, 0.5) is 0 Å². The first-order chi connectivity index (χ1) is 9.39. The molecule has 1 saturated carbocycles. The van der Waals surface area contributed by atoms with Crippen molar-refractivity contribution >= 4 is 35.3 Å². The summed E-state index contributed by atoms with van der Waals surface area (Å²) in [5.41, 5.74) is 2.56. The number of hydrazone groups is 1. The number of nitrogens with one attached hydrogen (secondary N) is 1. The van der Waals surface area contributed by atoms with Crippen molar-refractivity contribution in [2.24, 2.45) is 10.5 Å². The van der Waals surface area contributed by atoms with E-state index < -0.39 is 9.75 Å². The second kappa shape index (κ2) is 5.62. The number of hydrogen-bond acceptors (Lipinski definition) is 3. The van der Waals surface area contributed by atoms with Crippen LogP contribution in [0.1, 0.15) is 25.8 Å². The van der Waals surface area contributed by atoms with Gasteiger partial charge in [0.1, 0.15) is 10.1 Å². The number of benzene rings is 1. The molecule has 20 heavy (non-hydrogen) atoms. The summed E-state index contributed by atoms with van der Waals surface area (Å²) in [7, 11) is 0. The Kier molecular flexibility index (Phi) is 4.25. The molecule has 1 aliphatic rings. The summed E-state index contributed by atoms with van der Waals surface area (Å²) in [6.45, 7) is 4.27. The third-order valence-corrected chi connectivity index (χ3v) is 4.43. The molecule has 4 nitrogen and oxygen atoms in total. The van der Waals surface area contributed by atoms with Crippen LogP contribution in [0.25, 0.3) is 0 Å². The van der Waals surface area contributed by atoms with Gasteiger partial charge in [0.2, 0.25) is 5.91 Å². The fourth-order valence-corrected chi connectivity index (χ4v) is 2.46. The predicted octanol–water partition coefficient (Wildman–Crippen LogP) is 3.12. The van der Waals surface area contributed by atoms with Crippen LogP contribution in [0.15, 0.2) is 29.4 Å². The van der Waals surface area contributed by atoms with Crippen LogP contribution in [-0.2, 0) is 4.79 Å². The summed E-state index contributed by atoms with van der Waals surface area (Å²) < 4.78 is 4.36. The summed E-state index contributed by atoms with van der Waals surface area (Å²) in [6, 6.07) is 7.40. The Hall–Kier alpha value is -1.26. The fraction of sp³-hybridized carbons (Fsp3) is 0.429. The van der Waals surface area contributed by atoms with Crippen molar-refractivity contribution in [1.82, 2.24) is 5.43 Å². The molecular weight excluding hydrogens is 299 g/mol. The molecule has 1 atom stereocenters. The average molecular weight is 315 g/mol. The van der Waals surface area contributed by atoms with E-state index in [1.165, 1.54) is 0 Å². The molecule has 1 fully saturated rings. The summed E-state index contributed by atoms with van der Waals surface area (Å²) in [5.74, 6) is 0.526. The zero-order chi connectivity index (χ0) is 14.8. The number of ether oxygens (including phenoxy) is 1. The molecule has 0 spiro atoms. The van der Waals surface area contributed by atoms with E-state index in [1.54, 1.807) is 13.1 Å². The first kappa shape index (κ1) is 15.1. The van der Waals surface area contributed by atoms with Gasteiger partial charge in [0.25, 0.3) is 0 Å². The van der Waals surface area contributed by atoms with Crippen LogP contribution < -0.4 is 10.2 Å². The van der Waals surface area contributed by atoms with Crippen LogP contribution in [0.2, 0.25) is 0 Å². The standard InChI is InChI=1S/C14H16Cl2N2O2/c1-3-20-11-6-4-10(5-7-11)8-17-18-12(19)13(2)9-14(13,15)16/h4-8H,3,9H2,1-2H3,(H,18,19). The maximum Gasteiger partial charge on any atom is 0.249 e. The van der Waals surface area contributed by atoms with E-state index >= 15 is 0 Å². The van der Waals surface area contributed by atoms with Gasteiger partial charge in [-0.1, -0.05) is 0 Å². The van der Waals surface area contributed by atoms with E-state index in [-0.39, 0.29) is 5.91 Å². The highest BCUT2D eigenvalue weighted by atomic mass is 35.5. The summed E-state index contributed by atoms with van der Waals surface area (Å²) >= 11 is 11.9. The number of halogens is 2. The lowest BCUT2D eigenvalue weighted by Crippen LogP contribution is -2.29. The van der Waals surface area contributed by atoms with E-state index in [2.05, 4.69) is 10.5 Å². The first-order valence-electron chi connectivity index (χ1n) is 6.33. The van der Waals surface area contributed by atoms with Crippen LogP contribution in [0.3, 0.4) is 0 Å². The molecule has 0 aliphatic heterocycles. The van der Waals surface area contributed by atoms with Gasteiger partial charge in [-0.3, -0.25) is 4.79 Å². The number of nitrogens with zero attached hydrogens (tertiary/aromatic N) is 1. The van der Waals surface area contributed by atoms with Crippen LogP contribution in [0, 0.1) is 5.41 Å². The predicted molar refractivity (Wildman–Crippen MR) is 80.5 cm³/mol. The minimum Gasteiger partial charge on any atom is -0.494 e. The summed E-state index contributed by atoms with van der Waals surface area (Å²) in [6.07, 6.45) is 2.00. The first-order valence-corrected chi connectivity index (χ1v) is 7.09. The molecule has 6 heteroatoms. The van der Waals surface area contributed by atoms with Gasteiger partial charge in [0.15, 0.2) is 0 Å². The van der Waals surface area contributed by atoms with Gasteiger partial charge in [-0.15, -0.1) is 23.2 Å². The molecule has 0 radical (unpaired) electrons. The Labute approximate surface area is 128 Å². The third kappa shape index (κ3) is 3.07. The molecule has 1 amide bonds. The quantitative estimate of drug-likeness (QED) is 0.516. The Morgan fingerprint density at radius 3 is 2.55 bits per heavy atom. The van der Waals surface area contributed by atoms with Gasteiger partial charge < -0.3 is 4.74 Å². The number of carbonyl (C=O) groups excluding carboxylic acids is 1. The van der Waals surface area contributed by atoms with Crippen molar-refractivity contribution in [2.75, 3.05) is 6.61 Å². The number of amides is 1. The second-order valence-electron chi connectivity index (χ2n) is 4.91. The number of hydrogen-bond donors (Lipinski definition) is 1. The largest absolute Gasteiger partial charge is 0.494 e. The SMILES string of the molecule is CCOc1ccc(C=NNC(=O)C2(C)CC2(Cl)Cl)cc1. The molecule has 1 aromatic carbocycles. The molecule has 0 saturated heterocycles. The van der Waals surface area contributed by atoms with Crippen LogP contribution in [-0.4, -0.2) is 23.1 Å². The highest BCUT2D eigenvalue weighted by Crippen LogP contribution is 2.63. The molecule has 0 aromatic heterocycles. The van der Waals surface area contributed by atoms with Crippen molar-refractivity contribution in [3.05, 3.63) is 29.8 Å². The average Bonchev–Trinajstić information content (AvgIpc) is 2.92. The molecule has 1 N–H and O–H groups in total. The normalized spacial score (nSPS) is 23.6. The van der Waals surface area contributed by atoms with E-state index in [4.69, 9.17) is 27.9 Å². The second-order valence-corrected chi connectivity index (χ2v) is 6.40. The van der Waals surface area contributed by atoms with E-state index in [1.807, 2.05) is 31.2 Å². The third-order valence-electron chi connectivity index (χ3n) is 3.33. The maximum absolute atomic E-state index is 11.9. The molecule has 0 bridgehead atoms. The number of carbonyl (C=O) groups is 1. The van der Waals surface area contributed by atoms with Crippen molar-refractivity contribution < 1.29 is 9.53 Å². The minimum absolute atomic E-state index is 0.273. The topological polar surface area (TPSA) is 50.7 Å². The highest BCUT2D eigenvalue weighted by Gasteiger charge is 2.68. The van der Waals surface area contributed by atoms with Gasteiger partial charge in [-0.05, 0) is 50.1 Å². The lowest BCUT2D eigenvalue weighted by Gasteiger charge is -2.08. The van der Waals surface area contributed by atoms with Gasteiger partial charge in [-0.25, -0.2) is 5.43 Å². The molecule has 1 unspecified atom stereocenters. The molecule has 2 rings (SSSR count). The van der Waals surface area contributed by atoms with E-state index in [0.29, 0.717) is 13.0 Å². The Morgan fingerprint density at radius 2 is 2.05 bits per heavy atom. The molecule has 108 valence electrons. The number of rotatable bonds is 5. The zero-order valence-corrected chi connectivity index (χ0v) is 12.8. The Morgan fingerprint density at radius 1 is 1.45 bits per heavy atom. The van der Waals surface area contributed by atoms with Crippen molar-refractivity contribution in [2.45, 2.75) is 24.6 Å². The van der Waals surface area contributed by atoms with Crippen LogP contribution >= 0.6 is 23.2 Å². The van der Waals surface area contributed by atoms with Crippen molar-refractivity contribution in [1.29, 1.82) is 0 Å². The van der Waals surface area contributed by atoms with Gasteiger partial charge >= 0.3 is 0 Å². The van der Waals surface area contributed by atoms with Crippen molar-refractivity contribution in [3.8, 4) is 5.75 Å². The smallest absolute Gasteiger partial charge is 0.249 e. The highest BCUT2D eigenvalue weighted by molar-refractivity contribution is 6.53. The number of alkyl halides is 2. The summed E-state index contributed by atoms with van der Waals surface area (Å²) in [4.78, 5) is 11.9. The Bertz CT molecular complexity index is 528. The van der Waals surface area contributed by atoms with Gasteiger partial charge in [-0.2, -0.15) is 5.10 Å². The van der Waals surface area contributed by atoms with Gasteiger partial charge in [0, 0.05) is 0 Å². The maximum atomic E-state index is 11.9. The van der Waals surface area contributed by atoms with Gasteiger partial charge in [0.05, 0.1) is 18.2 Å². The molecule has 1 aromatic rings. The molecule has 1 aliphatic carbocycles. The van der Waals surface area contributed by atoms with E-state index in [9.17, 15) is 4.79 Å². The lowest BCUT2D eigenvalue weighted by atomic mass is 10.1. The zero-order valence-electron chi connectivity index (χ0n) is 11.3.